The summed E-state index contributed by atoms with van der Waals surface area (Å²) in [5, 5.41) is 1.19. The molecular formula is C8H14ClN3S. The number of hydrogen-bond acceptors (Lipinski definition) is 4. The fourth-order valence-corrected chi connectivity index (χ4v) is 1.66. The summed E-state index contributed by atoms with van der Waals surface area (Å²) >= 11 is 7.29. The van der Waals surface area contributed by atoms with Crippen molar-refractivity contribution in [3.05, 3.63) is 5.82 Å². The molecule has 13 heavy (non-hydrogen) atoms. The Morgan fingerprint density at radius 2 is 2.31 bits per heavy atom. The molecular weight excluding hydrogens is 206 g/mol. The normalized spacial score (nSPS) is 12.9. The molecule has 0 saturated carbocycles. The Balaban J connectivity index is 2.44. The Labute approximate surface area is 87.9 Å². The molecule has 0 spiro atoms. The molecule has 0 amide bonds. The summed E-state index contributed by atoms with van der Waals surface area (Å²) in [4.78, 5) is 6.37. The molecule has 0 aliphatic rings. The van der Waals surface area contributed by atoms with E-state index in [1.165, 1.54) is 11.5 Å². The minimum Gasteiger partial charge on any atom is -0.350 e. The lowest BCUT2D eigenvalue weighted by molar-refractivity contribution is 0.770. The number of hydrogen-bond donors (Lipinski definition) is 0. The fraction of sp³-hybridized carbons (Fsp3) is 0.750. The van der Waals surface area contributed by atoms with Gasteiger partial charge in [-0.05, 0) is 20.3 Å². The van der Waals surface area contributed by atoms with Gasteiger partial charge in [0, 0.05) is 30.5 Å². The van der Waals surface area contributed by atoms with Crippen molar-refractivity contribution in [3.63, 3.8) is 0 Å². The lowest BCUT2D eigenvalue weighted by atomic mass is 10.3. The number of alkyl halides is 1. The van der Waals surface area contributed by atoms with Crippen LogP contribution in [-0.4, -0.2) is 28.3 Å². The maximum atomic E-state index is 5.86. The van der Waals surface area contributed by atoms with Gasteiger partial charge >= 0.3 is 0 Å². The van der Waals surface area contributed by atoms with Crippen LogP contribution in [0, 0.1) is 6.92 Å². The minimum absolute atomic E-state index is 0.219. The van der Waals surface area contributed by atoms with Gasteiger partial charge in [0.25, 0.3) is 0 Å². The second-order valence-corrected chi connectivity index (χ2v) is 4.59. The third-order valence-corrected chi connectivity index (χ3v) is 2.85. The minimum atomic E-state index is 0.219. The summed E-state index contributed by atoms with van der Waals surface area (Å²) in [5.74, 6) is 0.839. The van der Waals surface area contributed by atoms with Gasteiger partial charge in [0.1, 0.15) is 5.82 Å². The van der Waals surface area contributed by atoms with Crippen molar-refractivity contribution in [2.75, 3.05) is 18.5 Å². The number of anilines is 1. The zero-order chi connectivity index (χ0) is 9.84. The summed E-state index contributed by atoms with van der Waals surface area (Å²) in [6.07, 6.45) is 0.969. The van der Waals surface area contributed by atoms with Crippen molar-refractivity contribution in [2.24, 2.45) is 0 Å². The maximum absolute atomic E-state index is 5.86. The Hall–Kier alpha value is -0.350. The molecule has 0 bridgehead atoms. The Morgan fingerprint density at radius 3 is 2.77 bits per heavy atom. The molecule has 1 rings (SSSR count). The van der Waals surface area contributed by atoms with E-state index in [-0.39, 0.29) is 5.38 Å². The highest BCUT2D eigenvalue weighted by atomic mass is 35.5. The highest BCUT2D eigenvalue weighted by Crippen LogP contribution is 2.15. The summed E-state index contributed by atoms with van der Waals surface area (Å²) in [5.41, 5.74) is 0. The zero-order valence-corrected chi connectivity index (χ0v) is 9.69. The van der Waals surface area contributed by atoms with E-state index in [2.05, 4.69) is 14.3 Å². The summed E-state index contributed by atoms with van der Waals surface area (Å²) in [7, 11) is 2.01. The summed E-state index contributed by atoms with van der Waals surface area (Å²) < 4.78 is 4.12. The third kappa shape index (κ3) is 3.48. The van der Waals surface area contributed by atoms with Gasteiger partial charge in [0.15, 0.2) is 0 Å². The van der Waals surface area contributed by atoms with Crippen LogP contribution in [0.2, 0.25) is 0 Å². The van der Waals surface area contributed by atoms with Gasteiger partial charge in [-0.25, -0.2) is 4.98 Å². The van der Waals surface area contributed by atoms with E-state index in [9.17, 15) is 0 Å². The van der Waals surface area contributed by atoms with E-state index < -0.39 is 0 Å². The van der Waals surface area contributed by atoms with Crippen LogP contribution in [0.4, 0.5) is 5.13 Å². The number of nitrogens with zero attached hydrogens (tertiary/aromatic N) is 3. The molecule has 0 N–H and O–H groups in total. The first-order valence-corrected chi connectivity index (χ1v) is 5.46. The number of aryl methyl sites for hydroxylation is 1. The van der Waals surface area contributed by atoms with Gasteiger partial charge < -0.3 is 4.90 Å². The van der Waals surface area contributed by atoms with Crippen molar-refractivity contribution < 1.29 is 0 Å². The average Bonchev–Trinajstić information content (AvgIpc) is 2.47. The summed E-state index contributed by atoms with van der Waals surface area (Å²) in [6, 6.07) is 0. The average molecular weight is 220 g/mol. The Kier molecular flexibility index (Phi) is 3.93. The Bertz CT molecular complexity index is 262. The van der Waals surface area contributed by atoms with Gasteiger partial charge in [-0.2, -0.15) is 4.37 Å². The molecule has 0 saturated heterocycles. The molecule has 0 aromatic carbocycles. The highest BCUT2D eigenvalue weighted by Gasteiger charge is 2.06. The largest absolute Gasteiger partial charge is 0.350 e. The standard InChI is InChI=1S/C8H14ClN3S/c1-6(9)4-5-12(3)8-10-7(2)11-13-8/h6H,4-5H2,1-3H3. The van der Waals surface area contributed by atoms with Crippen molar-refractivity contribution in [1.82, 2.24) is 9.36 Å². The van der Waals surface area contributed by atoms with E-state index in [1.807, 2.05) is 20.9 Å². The van der Waals surface area contributed by atoms with Crippen LogP contribution in [-0.2, 0) is 0 Å². The second-order valence-electron chi connectivity index (χ2n) is 3.12. The molecule has 5 heteroatoms. The first-order chi connectivity index (χ1) is 6.09. The molecule has 1 unspecified atom stereocenters. The zero-order valence-electron chi connectivity index (χ0n) is 8.12. The van der Waals surface area contributed by atoms with Crippen molar-refractivity contribution in [2.45, 2.75) is 25.6 Å². The molecule has 3 nitrogen and oxygen atoms in total. The summed E-state index contributed by atoms with van der Waals surface area (Å²) in [6.45, 7) is 4.83. The molecule has 0 fully saturated rings. The van der Waals surface area contributed by atoms with Gasteiger partial charge in [0.05, 0.1) is 0 Å². The lowest BCUT2D eigenvalue weighted by Crippen LogP contribution is -2.20. The molecule has 0 aliphatic heterocycles. The smallest absolute Gasteiger partial charge is 0.204 e. The first kappa shape index (κ1) is 10.7. The monoisotopic (exact) mass is 219 g/mol. The molecule has 0 radical (unpaired) electrons. The topological polar surface area (TPSA) is 29.0 Å². The van der Waals surface area contributed by atoms with Crippen molar-refractivity contribution in [1.29, 1.82) is 0 Å². The predicted molar refractivity (Wildman–Crippen MR) is 57.8 cm³/mol. The third-order valence-electron chi connectivity index (χ3n) is 1.71. The van der Waals surface area contributed by atoms with Crippen molar-refractivity contribution >= 4 is 28.3 Å². The number of rotatable bonds is 4. The van der Waals surface area contributed by atoms with Crippen LogP contribution in [0.25, 0.3) is 0 Å². The fourth-order valence-electron chi connectivity index (χ4n) is 0.908. The second kappa shape index (κ2) is 4.77. The van der Waals surface area contributed by atoms with Crippen LogP contribution in [0.1, 0.15) is 19.2 Å². The Morgan fingerprint density at radius 1 is 1.62 bits per heavy atom. The van der Waals surface area contributed by atoms with Crippen LogP contribution >= 0.6 is 23.1 Å². The van der Waals surface area contributed by atoms with Gasteiger partial charge in [-0.3, -0.25) is 0 Å². The SMILES string of the molecule is Cc1nsc(N(C)CCC(C)Cl)n1. The van der Waals surface area contributed by atoms with E-state index in [1.54, 1.807) is 0 Å². The molecule has 1 atom stereocenters. The molecule has 1 aromatic rings. The number of halogens is 1. The van der Waals surface area contributed by atoms with Crippen LogP contribution in [0.15, 0.2) is 0 Å². The van der Waals surface area contributed by atoms with Crippen molar-refractivity contribution in [3.8, 4) is 0 Å². The van der Waals surface area contributed by atoms with Gasteiger partial charge in [-0.1, -0.05) is 0 Å². The van der Waals surface area contributed by atoms with E-state index >= 15 is 0 Å². The lowest BCUT2D eigenvalue weighted by Gasteiger charge is -2.15. The molecule has 1 heterocycles. The van der Waals surface area contributed by atoms with Gasteiger partial charge in [-0.15, -0.1) is 11.6 Å². The van der Waals surface area contributed by atoms with E-state index in [0.29, 0.717) is 0 Å². The highest BCUT2D eigenvalue weighted by molar-refractivity contribution is 7.09. The first-order valence-electron chi connectivity index (χ1n) is 4.25. The molecule has 1 aromatic heterocycles. The van der Waals surface area contributed by atoms with Crippen LogP contribution in [0.5, 0.6) is 0 Å². The molecule has 0 aliphatic carbocycles. The predicted octanol–water partition coefficient (Wildman–Crippen LogP) is 2.30. The quantitative estimate of drug-likeness (QED) is 0.728. The maximum Gasteiger partial charge on any atom is 0.204 e. The molecule has 74 valence electrons. The number of aromatic nitrogens is 2. The van der Waals surface area contributed by atoms with Gasteiger partial charge in [0.2, 0.25) is 5.13 Å². The van der Waals surface area contributed by atoms with Crippen LogP contribution in [0.3, 0.4) is 0 Å². The van der Waals surface area contributed by atoms with E-state index in [4.69, 9.17) is 11.6 Å². The van der Waals surface area contributed by atoms with Crippen LogP contribution < -0.4 is 4.90 Å². The van der Waals surface area contributed by atoms with E-state index in [0.717, 1.165) is 23.9 Å².